The molecule has 0 radical (unpaired) electrons. The molecule has 2 aliphatic heterocycles. The summed E-state index contributed by atoms with van der Waals surface area (Å²) in [5.74, 6) is 1.10. The minimum absolute atomic E-state index is 0.810. The highest BCUT2D eigenvalue weighted by atomic mass is 35.7. The van der Waals surface area contributed by atoms with Crippen molar-refractivity contribution in [2.75, 3.05) is 62.4 Å². The topological polar surface area (TPSA) is 127 Å². The van der Waals surface area contributed by atoms with Gasteiger partial charge in [0, 0.05) is 31.6 Å². The van der Waals surface area contributed by atoms with E-state index in [2.05, 4.69) is 15.2 Å². The molecule has 126 valence electrons. The van der Waals surface area contributed by atoms with Crippen LogP contribution in [0.3, 0.4) is 0 Å². The van der Waals surface area contributed by atoms with Crippen LogP contribution in [-0.4, -0.2) is 62.2 Å². The van der Waals surface area contributed by atoms with Crippen LogP contribution in [-0.2, 0) is 9.47 Å². The number of aromatic nitrogens is 1. The molecule has 0 saturated carbocycles. The minimum Gasteiger partial charge on any atom is -0.378 e. The predicted molar refractivity (Wildman–Crippen MR) is 70.4 cm³/mol. The van der Waals surface area contributed by atoms with Gasteiger partial charge >= 0.3 is 0 Å². The Kier molecular flexibility index (Phi) is 6.59. The molecule has 2 aliphatic rings. The van der Waals surface area contributed by atoms with Gasteiger partial charge in [-0.25, -0.2) is 4.98 Å². The lowest BCUT2D eigenvalue weighted by Gasteiger charge is -2.28. The van der Waals surface area contributed by atoms with Crippen molar-refractivity contribution < 1.29 is 38.4 Å². The van der Waals surface area contributed by atoms with E-state index in [0.29, 0.717) is 0 Å². The molecule has 0 bridgehead atoms. The van der Waals surface area contributed by atoms with Crippen molar-refractivity contribution in [1.29, 1.82) is 0 Å². The molecule has 2 saturated heterocycles. The lowest BCUT2D eigenvalue weighted by atomic mass is 10.4. The molecule has 11 heteroatoms. The van der Waals surface area contributed by atoms with Crippen molar-refractivity contribution in [3.8, 4) is 0 Å². The van der Waals surface area contributed by atoms with Gasteiger partial charge in [0.15, 0.2) is 5.13 Å². The first-order valence-electron chi connectivity index (χ1n) is 6.67. The van der Waals surface area contributed by atoms with E-state index >= 15 is 0 Å². The Bertz CT molecular complexity index is 407. The fraction of sp³-hybridized carbons (Fsp3) is 0.727. The average molecular weight is 356 g/mol. The van der Waals surface area contributed by atoms with Gasteiger partial charge in [-0.15, -0.1) is 11.3 Å². The van der Waals surface area contributed by atoms with Crippen LogP contribution in [0.4, 0.5) is 10.9 Å². The highest BCUT2D eigenvalue weighted by Crippen LogP contribution is 2.26. The minimum atomic E-state index is -4.69. The summed E-state index contributed by atoms with van der Waals surface area (Å²) in [7, 11) is -4.69. The van der Waals surface area contributed by atoms with E-state index in [-0.39, 0.29) is 0 Å². The zero-order valence-corrected chi connectivity index (χ0v) is 13.4. The number of hydrogen-bond donors (Lipinski definition) is 1. The number of morpholine rings is 2. The summed E-state index contributed by atoms with van der Waals surface area (Å²) in [6.45, 7) is 7.05. The number of nitrogens with zero attached hydrogens (tertiary/aromatic N) is 3. The third kappa shape index (κ3) is 6.18. The highest BCUT2D eigenvalue weighted by molar-refractivity contribution is 7.14. The third-order valence-corrected chi connectivity index (χ3v) is 3.99. The number of rotatable bonds is 2. The third-order valence-electron chi connectivity index (χ3n) is 3.10. The van der Waals surface area contributed by atoms with Gasteiger partial charge in [0.2, 0.25) is 0 Å². The molecule has 0 amide bonds. The Morgan fingerprint density at radius 3 is 1.95 bits per heavy atom. The summed E-state index contributed by atoms with van der Waals surface area (Å²) in [4.78, 5) is 9.32. The molecule has 0 atom stereocenters. The second kappa shape index (κ2) is 8.22. The molecule has 9 nitrogen and oxygen atoms in total. The maximum Gasteiger partial charge on any atom is 0.187 e. The Morgan fingerprint density at radius 2 is 1.45 bits per heavy atom. The van der Waals surface area contributed by atoms with Crippen molar-refractivity contribution in [2.45, 2.75) is 0 Å². The first-order valence-corrected chi connectivity index (χ1v) is 8.82. The SMILES string of the molecule is [O-][Cl+3]([O-])([O-])O.c1sc(N2CCOCC2)nc1N1CCOCC1. The van der Waals surface area contributed by atoms with Gasteiger partial charge in [-0.3, -0.25) is 0 Å². The molecule has 1 aromatic heterocycles. The number of halogens is 1. The van der Waals surface area contributed by atoms with E-state index < -0.39 is 10.2 Å². The van der Waals surface area contributed by atoms with Crippen molar-refractivity contribution >= 4 is 22.3 Å². The van der Waals surface area contributed by atoms with Crippen molar-refractivity contribution in [3.63, 3.8) is 0 Å². The van der Waals surface area contributed by atoms with Crippen molar-refractivity contribution in [2.24, 2.45) is 0 Å². The van der Waals surface area contributed by atoms with Gasteiger partial charge in [-0.2, -0.15) is 14.0 Å². The van der Waals surface area contributed by atoms with E-state index in [4.69, 9.17) is 33.1 Å². The smallest absolute Gasteiger partial charge is 0.187 e. The van der Waals surface area contributed by atoms with Gasteiger partial charge in [0.05, 0.1) is 41.3 Å². The van der Waals surface area contributed by atoms with Crippen LogP contribution in [0.1, 0.15) is 0 Å². The lowest BCUT2D eigenvalue weighted by Crippen LogP contribution is -2.58. The van der Waals surface area contributed by atoms with Gasteiger partial charge in [0.25, 0.3) is 0 Å². The Labute approximate surface area is 134 Å². The molecule has 0 aliphatic carbocycles. The van der Waals surface area contributed by atoms with Gasteiger partial charge in [-0.1, -0.05) is 0 Å². The molecule has 22 heavy (non-hydrogen) atoms. The molecule has 3 heterocycles. The summed E-state index contributed by atoms with van der Waals surface area (Å²) in [5, 5.41) is 3.27. The quantitative estimate of drug-likeness (QED) is 0.580. The first-order chi connectivity index (χ1) is 10.4. The van der Waals surface area contributed by atoms with Crippen LogP contribution in [0.25, 0.3) is 0 Å². The lowest BCUT2D eigenvalue weighted by molar-refractivity contribution is -1.92. The largest absolute Gasteiger partial charge is 0.378 e. The van der Waals surface area contributed by atoms with Crippen LogP contribution in [0, 0.1) is 10.2 Å². The summed E-state index contributed by atoms with van der Waals surface area (Å²) >= 11 is 1.73. The molecule has 1 aromatic rings. The van der Waals surface area contributed by atoms with Crippen molar-refractivity contribution in [1.82, 2.24) is 4.98 Å². The summed E-state index contributed by atoms with van der Waals surface area (Å²) in [5.41, 5.74) is 0. The molecular formula is C11H18ClN3O6S. The van der Waals surface area contributed by atoms with E-state index in [9.17, 15) is 0 Å². The molecule has 0 spiro atoms. The fourth-order valence-corrected chi connectivity index (χ4v) is 2.98. The van der Waals surface area contributed by atoms with E-state index in [1.54, 1.807) is 11.3 Å². The second-order valence-electron chi connectivity index (χ2n) is 4.58. The van der Waals surface area contributed by atoms with Crippen LogP contribution < -0.4 is 23.8 Å². The van der Waals surface area contributed by atoms with Gasteiger partial charge in [0.1, 0.15) is 5.82 Å². The summed E-state index contributed by atoms with van der Waals surface area (Å²) in [6, 6.07) is 0. The van der Waals surface area contributed by atoms with Crippen LogP contribution in [0.2, 0.25) is 0 Å². The zero-order valence-electron chi connectivity index (χ0n) is 11.9. The number of ether oxygens (including phenoxy) is 2. The Hall–Kier alpha value is -0.720. The molecular weight excluding hydrogens is 338 g/mol. The van der Waals surface area contributed by atoms with Crippen molar-refractivity contribution in [3.05, 3.63) is 5.38 Å². The zero-order chi connectivity index (χ0) is 16.0. The molecule has 0 unspecified atom stereocenters. The van der Waals surface area contributed by atoms with Crippen LogP contribution >= 0.6 is 11.3 Å². The fourth-order valence-electron chi connectivity index (χ4n) is 2.09. The Morgan fingerprint density at radius 1 is 1.00 bits per heavy atom. The summed E-state index contributed by atoms with van der Waals surface area (Å²) < 4.78 is 43.4. The molecule has 0 aromatic carbocycles. The number of anilines is 2. The van der Waals surface area contributed by atoms with Gasteiger partial charge in [-0.05, 0) is 0 Å². The molecule has 1 N–H and O–H groups in total. The number of hydrogen-bond acceptors (Lipinski definition) is 10. The van der Waals surface area contributed by atoms with E-state index in [0.717, 1.165) is 63.6 Å². The second-order valence-corrected chi connectivity index (χ2v) is 6.21. The first kappa shape index (κ1) is 17.6. The number of thiazole rings is 1. The van der Waals surface area contributed by atoms with Crippen LogP contribution in [0.15, 0.2) is 5.38 Å². The monoisotopic (exact) mass is 355 g/mol. The molecule has 3 rings (SSSR count). The maximum atomic E-state index is 8.60. The highest BCUT2D eigenvalue weighted by Gasteiger charge is 2.18. The van der Waals surface area contributed by atoms with Gasteiger partial charge < -0.3 is 19.3 Å². The molecule has 2 fully saturated rings. The van der Waals surface area contributed by atoms with Crippen LogP contribution in [0.5, 0.6) is 0 Å². The Balaban J connectivity index is 0.000000309. The summed E-state index contributed by atoms with van der Waals surface area (Å²) in [6.07, 6.45) is 0. The van der Waals surface area contributed by atoms with E-state index in [1.165, 1.54) is 0 Å². The standard InChI is InChI=1S/C11H17N3O2S.ClHO4/c1-5-15-6-2-13(1)10-9-17-11(12-10)14-3-7-16-8-4-14;2-1(3,4)5/h9H,1-8H2;(H,2,3,4,5). The van der Waals surface area contributed by atoms with E-state index in [1.807, 2.05) is 0 Å². The normalized spacial score (nSPS) is 19.6. The maximum absolute atomic E-state index is 8.60. The average Bonchev–Trinajstić information content (AvgIpc) is 2.97. The predicted octanol–water partition coefficient (Wildman–Crippen LogP) is -3.31.